The standard InChI is InChI=1S/C21H26N6O2S2/c1-13(9-23-20-24-11-16(30-3)12-25-20)10-26-21-27-17-5-4-15(8-18(17)31-21)19(29)22-7-6-14(2)28/h4-5,8,11-13H,6-7,9-10H2,1-3H3,(H,22,29)(H,26,27)(H,23,24,25)/t13-/m0/s1. The molecule has 0 unspecified atom stereocenters. The Bertz CT molecular complexity index is 1040. The Morgan fingerprint density at radius 3 is 2.61 bits per heavy atom. The van der Waals surface area contributed by atoms with E-state index in [0.29, 0.717) is 30.4 Å². The van der Waals surface area contributed by atoms with E-state index >= 15 is 0 Å². The van der Waals surface area contributed by atoms with E-state index in [1.54, 1.807) is 17.8 Å². The number of hydrogen-bond acceptors (Lipinski definition) is 9. The molecule has 1 amide bonds. The lowest BCUT2D eigenvalue weighted by Crippen LogP contribution is -2.25. The molecule has 0 aliphatic rings. The number of thiazole rings is 1. The molecule has 1 atom stereocenters. The van der Waals surface area contributed by atoms with Crippen LogP contribution in [0, 0.1) is 5.92 Å². The van der Waals surface area contributed by atoms with Crippen molar-refractivity contribution < 1.29 is 9.59 Å². The zero-order valence-corrected chi connectivity index (χ0v) is 19.4. The van der Waals surface area contributed by atoms with Crippen molar-refractivity contribution in [1.82, 2.24) is 20.3 Å². The number of aromatic nitrogens is 3. The quantitative estimate of drug-likeness (QED) is 0.374. The number of thioether (sulfide) groups is 1. The molecule has 2 aromatic heterocycles. The number of Topliss-reactive ketones (excluding diaryl/α,β-unsaturated/α-hetero) is 1. The minimum atomic E-state index is -0.182. The lowest BCUT2D eigenvalue weighted by molar-refractivity contribution is -0.116. The van der Waals surface area contributed by atoms with Crippen LogP contribution < -0.4 is 16.0 Å². The number of ketones is 1. The lowest BCUT2D eigenvalue weighted by Gasteiger charge is -2.13. The highest BCUT2D eigenvalue weighted by Gasteiger charge is 2.11. The molecule has 0 radical (unpaired) electrons. The number of carbonyl (C=O) groups is 2. The molecular formula is C21H26N6O2S2. The minimum Gasteiger partial charge on any atom is -0.361 e. The summed E-state index contributed by atoms with van der Waals surface area (Å²) < 4.78 is 0.940. The molecule has 0 saturated carbocycles. The van der Waals surface area contributed by atoms with Gasteiger partial charge in [-0.15, -0.1) is 11.8 Å². The summed E-state index contributed by atoms with van der Waals surface area (Å²) >= 11 is 3.13. The van der Waals surface area contributed by atoms with Gasteiger partial charge in [0.1, 0.15) is 5.78 Å². The largest absolute Gasteiger partial charge is 0.361 e. The molecule has 0 spiro atoms. The van der Waals surface area contributed by atoms with Gasteiger partial charge in [-0.1, -0.05) is 18.3 Å². The van der Waals surface area contributed by atoms with Crippen LogP contribution in [0.2, 0.25) is 0 Å². The molecule has 8 nitrogen and oxygen atoms in total. The highest BCUT2D eigenvalue weighted by molar-refractivity contribution is 7.98. The Labute approximate surface area is 189 Å². The molecule has 0 fully saturated rings. The van der Waals surface area contributed by atoms with Crippen LogP contribution in [0.5, 0.6) is 0 Å². The van der Waals surface area contributed by atoms with Crippen molar-refractivity contribution in [2.45, 2.75) is 25.2 Å². The Morgan fingerprint density at radius 2 is 1.90 bits per heavy atom. The average Bonchev–Trinajstić information content (AvgIpc) is 3.18. The highest BCUT2D eigenvalue weighted by atomic mass is 32.2. The Morgan fingerprint density at radius 1 is 1.16 bits per heavy atom. The first-order valence-electron chi connectivity index (χ1n) is 9.96. The van der Waals surface area contributed by atoms with Gasteiger partial charge in [0.05, 0.1) is 10.2 Å². The van der Waals surface area contributed by atoms with Crippen molar-refractivity contribution in [3.05, 3.63) is 36.2 Å². The molecular weight excluding hydrogens is 432 g/mol. The summed E-state index contributed by atoms with van der Waals surface area (Å²) in [5, 5.41) is 10.2. The predicted molar refractivity (Wildman–Crippen MR) is 127 cm³/mol. The number of carbonyl (C=O) groups excluding carboxylic acids is 2. The van der Waals surface area contributed by atoms with Gasteiger partial charge in [-0.3, -0.25) is 9.59 Å². The molecule has 31 heavy (non-hydrogen) atoms. The third-order valence-electron chi connectivity index (χ3n) is 4.49. The Hall–Kier alpha value is -2.72. The molecule has 0 aliphatic heterocycles. The SMILES string of the molecule is CSc1cnc(NC[C@H](C)CNc2nc3ccc(C(=O)NCCC(C)=O)cc3s2)nc1. The van der Waals surface area contributed by atoms with Crippen LogP contribution in [0.3, 0.4) is 0 Å². The molecule has 0 aliphatic carbocycles. The van der Waals surface area contributed by atoms with Crippen LogP contribution in [-0.4, -0.2) is 52.5 Å². The van der Waals surface area contributed by atoms with E-state index in [4.69, 9.17) is 0 Å². The first-order chi connectivity index (χ1) is 14.9. The predicted octanol–water partition coefficient (Wildman–Crippen LogP) is 3.68. The second-order valence-electron chi connectivity index (χ2n) is 7.22. The van der Waals surface area contributed by atoms with Gasteiger partial charge >= 0.3 is 0 Å². The smallest absolute Gasteiger partial charge is 0.251 e. The van der Waals surface area contributed by atoms with E-state index in [2.05, 4.69) is 37.8 Å². The fourth-order valence-electron chi connectivity index (χ4n) is 2.71. The number of amides is 1. The van der Waals surface area contributed by atoms with Gasteiger partial charge in [0.25, 0.3) is 5.91 Å². The summed E-state index contributed by atoms with van der Waals surface area (Å²) in [4.78, 5) is 37.5. The van der Waals surface area contributed by atoms with E-state index in [9.17, 15) is 9.59 Å². The third-order valence-corrected chi connectivity index (χ3v) is 6.15. The first-order valence-corrected chi connectivity index (χ1v) is 12.0. The zero-order valence-electron chi connectivity index (χ0n) is 17.8. The van der Waals surface area contributed by atoms with Crippen molar-refractivity contribution in [1.29, 1.82) is 0 Å². The summed E-state index contributed by atoms with van der Waals surface area (Å²) in [5.74, 6) is 0.829. The number of nitrogens with one attached hydrogen (secondary N) is 3. The lowest BCUT2D eigenvalue weighted by atomic mass is 10.2. The van der Waals surface area contributed by atoms with E-state index in [1.165, 1.54) is 18.3 Å². The van der Waals surface area contributed by atoms with Gasteiger partial charge in [0.15, 0.2) is 5.13 Å². The molecule has 0 bridgehead atoms. The van der Waals surface area contributed by atoms with Crippen LogP contribution in [0.4, 0.5) is 11.1 Å². The van der Waals surface area contributed by atoms with Crippen molar-refractivity contribution in [2.75, 3.05) is 36.5 Å². The third kappa shape index (κ3) is 6.90. The fourth-order valence-corrected chi connectivity index (χ4v) is 3.94. The van der Waals surface area contributed by atoms with E-state index < -0.39 is 0 Å². The van der Waals surface area contributed by atoms with Gasteiger partial charge in [-0.25, -0.2) is 15.0 Å². The molecule has 3 rings (SSSR count). The van der Waals surface area contributed by atoms with Crippen LogP contribution in [-0.2, 0) is 4.79 Å². The van der Waals surface area contributed by atoms with Gasteiger partial charge in [0.2, 0.25) is 5.95 Å². The topological polar surface area (TPSA) is 109 Å². The second-order valence-corrected chi connectivity index (χ2v) is 9.13. The van der Waals surface area contributed by atoms with Crippen molar-refractivity contribution in [2.24, 2.45) is 5.92 Å². The summed E-state index contributed by atoms with van der Waals surface area (Å²) in [6.45, 7) is 5.47. The van der Waals surface area contributed by atoms with Gasteiger partial charge in [0, 0.05) is 48.9 Å². The van der Waals surface area contributed by atoms with Crippen molar-refractivity contribution >= 4 is 56.1 Å². The normalized spacial score (nSPS) is 11.8. The fraction of sp³-hybridized carbons (Fsp3) is 0.381. The maximum atomic E-state index is 12.2. The summed E-state index contributed by atoms with van der Waals surface area (Å²) in [7, 11) is 0. The minimum absolute atomic E-state index is 0.0550. The van der Waals surface area contributed by atoms with Gasteiger partial charge in [-0.2, -0.15) is 0 Å². The number of benzene rings is 1. The summed E-state index contributed by atoms with van der Waals surface area (Å²) in [6, 6.07) is 5.43. The molecule has 3 N–H and O–H groups in total. The second kappa shape index (κ2) is 11.1. The molecule has 164 valence electrons. The van der Waals surface area contributed by atoms with Gasteiger partial charge in [-0.05, 0) is 37.3 Å². The molecule has 3 aromatic rings. The summed E-state index contributed by atoms with van der Waals surface area (Å²) in [5.41, 5.74) is 1.41. The van der Waals surface area contributed by atoms with E-state index in [0.717, 1.165) is 33.3 Å². The van der Waals surface area contributed by atoms with Crippen LogP contribution >= 0.6 is 23.1 Å². The number of anilines is 2. The molecule has 1 aromatic carbocycles. The van der Waals surface area contributed by atoms with E-state index in [-0.39, 0.29) is 11.7 Å². The maximum Gasteiger partial charge on any atom is 0.251 e. The Kier molecular flexibility index (Phi) is 8.19. The highest BCUT2D eigenvalue weighted by Crippen LogP contribution is 2.27. The maximum absolute atomic E-state index is 12.2. The number of fused-ring (bicyclic) bond motifs is 1. The monoisotopic (exact) mass is 458 g/mol. The van der Waals surface area contributed by atoms with Crippen molar-refractivity contribution in [3.63, 3.8) is 0 Å². The molecule has 10 heteroatoms. The average molecular weight is 459 g/mol. The number of rotatable bonds is 11. The van der Waals surface area contributed by atoms with Crippen molar-refractivity contribution in [3.8, 4) is 0 Å². The number of nitrogens with zero attached hydrogens (tertiary/aromatic N) is 3. The van der Waals surface area contributed by atoms with Crippen LogP contribution in [0.15, 0.2) is 35.5 Å². The van der Waals surface area contributed by atoms with E-state index in [1.807, 2.05) is 30.8 Å². The summed E-state index contributed by atoms with van der Waals surface area (Å²) in [6.07, 6.45) is 5.95. The molecule has 0 saturated heterocycles. The van der Waals surface area contributed by atoms with Crippen LogP contribution in [0.1, 0.15) is 30.6 Å². The zero-order chi connectivity index (χ0) is 22.2. The first kappa shape index (κ1) is 23.0. The Balaban J connectivity index is 1.50. The van der Waals surface area contributed by atoms with Gasteiger partial charge < -0.3 is 16.0 Å². The number of hydrogen-bond donors (Lipinski definition) is 3. The molecule has 2 heterocycles. The van der Waals surface area contributed by atoms with Crippen LogP contribution in [0.25, 0.3) is 10.2 Å².